The molecule has 0 saturated heterocycles. The zero-order valence-electron chi connectivity index (χ0n) is 6.50. The van der Waals surface area contributed by atoms with E-state index in [-0.39, 0.29) is 0 Å². The molecule has 1 rings (SSSR count). The van der Waals surface area contributed by atoms with E-state index in [9.17, 15) is 0 Å². The van der Waals surface area contributed by atoms with E-state index < -0.39 is 0 Å². The van der Waals surface area contributed by atoms with Crippen LogP contribution in [0.4, 0.5) is 0 Å². The molecule has 0 atom stereocenters. The lowest BCUT2D eigenvalue weighted by atomic mass is 10.3. The minimum atomic E-state index is 0.442. The number of nitrogens with zero attached hydrogens (tertiary/aromatic N) is 2. The smallest absolute Gasteiger partial charge is 0.223 e. The summed E-state index contributed by atoms with van der Waals surface area (Å²) in [4.78, 5) is 7.66. The van der Waals surface area contributed by atoms with Gasteiger partial charge in [0, 0.05) is 0 Å². The summed E-state index contributed by atoms with van der Waals surface area (Å²) in [5.74, 6) is 0.883. The third-order valence-electron chi connectivity index (χ3n) is 1.25. The van der Waals surface area contributed by atoms with Gasteiger partial charge in [0.2, 0.25) is 11.8 Å². The highest BCUT2D eigenvalue weighted by Gasteiger charge is 2.05. The minimum Gasteiger partial charge on any atom is -0.481 e. The summed E-state index contributed by atoms with van der Waals surface area (Å²) in [6, 6.07) is 0. The molecule has 0 spiro atoms. The fourth-order valence-corrected chi connectivity index (χ4v) is 0.733. The van der Waals surface area contributed by atoms with Crippen LogP contribution >= 0.6 is 0 Å². The SMILES string of the molecule is [CH2]c1c(OC)ncnc1OC. The first-order valence-electron chi connectivity index (χ1n) is 3.04. The van der Waals surface area contributed by atoms with E-state index in [1.807, 2.05) is 0 Å². The van der Waals surface area contributed by atoms with Crippen molar-refractivity contribution >= 4 is 0 Å². The Morgan fingerprint density at radius 2 is 1.64 bits per heavy atom. The molecule has 0 N–H and O–H groups in total. The standard InChI is InChI=1S/C7H9N2O2/c1-5-6(10-2)8-4-9-7(5)11-3/h4H,1H2,2-3H3. The molecular formula is C7H9N2O2. The molecule has 4 nitrogen and oxygen atoms in total. The van der Waals surface area contributed by atoms with E-state index in [0.29, 0.717) is 17.3 Å². The normalized spacial score (nSPS) is 9.36. The highest BCUT2D eigenvalue weighted by Crippen LogP contribution is 2.20. The van der Waals surface area contributed by atoms with Gasteiger partial charge >= 0.3 is 0 Å². The lowest BCUT2D eigenvalue weighted by molar-refractivity contribution is 0.368. The van der Waals surface area contributed by atoms with Gasteiger partial charge in [0.1, 0.15) is 6.33 Å². The molecule has 0 saturated carbocycles. The van der Waals surface area contributed by atoms with Crippen LogP contribution in [0.15, 0.2) is 6.33 Å². The van der Waals surface area contributed by atoms with Crippen LogP contribution in [0, 0.1) is 6.92 Å². The zero-order chi connectivity index (χ0) is 8.27. The lowest BCUT2D eigenvalue weighted by Gasteiger charge is -2.05. The van der Waals surface area contributed by atoms with Crippen LogP contribution < -0.4 is 9.47 Å². The van der Waals surface area contributed by atoms with Crippen molar-refractivity contribution in [2.75, 3.05) is 14.2 Å². The van der Waals surface area contributed by atoms with Crippen molar-refractivity contribution < 1.29 is 9.47 Å². The minimum absolute atomic E-state index is 0.442. The van der Waals surface area contributed by atoms with E-state index >= 15 is 0 Å². The molecule has 59 valence electrons. The zero-order valence-corrected chi connectivity index (χ0v) is 6.50. The third-order valence-corrected chi connectivity index (χ3v) is 1.25. The molecule has 0 aromatic carbocycles. The second-order valence-corrected chi connectivity index (χ2v) is 1.87. The summed E-state index contributed by atoms with van der Waals surface area (Å²) < 4.78 is 9.79. The predicted octanol–water partition coefficient (Wildman–Crippen LogP) is 0.676. The van der Waals surface area contributed by atoms with Crippen molar-refractivity contribution in [1.29, 1.82) is 0 Å². The van der Waals surface area contributed by atoms with Gasteiger partial charge in [0.15, 0.2) is 0 Å². The van der Waals surface area contributed by atoms with E-state index in [1.54, 1.807) is 0 Å². The van der Waals surface area contributed by atoms with Gasteiger partial charge in [-0.1, -0.05) is 0 Å². The van der Waals surface area contributed by atoms with Gasteiger partial charge in [0.25, 0.3) is 0 Å². The Hall–Kier alpha value is -1.32. The van der Waals surface area contributed by atoms with Crippen molar-refractivity contribution in [3.63, 3.8) is 0 Å². The topological polar surface area (TPSA) is 44.2 Å². The van der Waals surface area contributed by atoms with E-state index in [1.165, 1.54) is 20.5 Å². The molecule has 0 aliphatic rings. The van der Waals surface area contributed by atoms with Crippen LogP contribution in [0.5, 0.6) is 11.8 Å². The Kier molecular flexibility index (Phi) is 2.25. The number of rotatable bonds is 2. The molecule has 0 fully saturated rings. The van der Waals surface area contributed by atoms with Gasteiger partial charge in [0.05, 0.1) is 19.8 Å². The van der Waals surface area contributed by atoms with Gasteiger partial charge in [-0.25, -0.2) is 9.97 Å². The molecule has 1 aromatic rings. The quantitative estimate of drug-likeness (QED) is 0.626. The van der Waals surface area contributed by atoms with Crippen molar-refractivity contribution in [2.45, 2.75) is 0 Å². The second-order valence-electron chi connectivity index (χ2n) is 1.87. The first-order chi connectivity index (χ1) is 5.29. The van der Waals surface area contributed by atoms with Gasteiger partial charge < -0.3 is 9.47 Å². The molecule has 0 aliphatic heterocycles. The van der Waals surface area contributed by atoms with Crippen LogP contribution in [0.1, 0.15) is 5.56 Å². The van der Waals surface area contributed by atoms with Gasteiger partial charge in [-0.2, -0.15) is 0 Å². The average molecular weight is 153 g/mol. The van der Waals surface area contributed by atoms with Crippen LogP contribution in [0.3, 0.4) is 0 Å². The number of hydrogen-bond acceptors (Lipinski definition) is 4. The molecule has 1 heterocycles. The summed E-state index contributed by atoms with van der Waals surface area (Å²) in [6.45, 7) is 3.69. The fraction of sp³-hybridized carbons (Fsp3) is 0.286. The van der Waals surface area contributed by atoms with Crippen LogP contribution in [-0.4, -0.2) is 24.2 Å². The van der Waals surface area contributed by atoms with Crippen molar-refractivity contribution in [3.8, 4) is 11.8 Å². The maximum atomic E-state index is 4.89. The maximum absolute atomic E-state index is 4.89. The highest BCUT2D eigenvalue weighted by molar-refractivity contribution is 5.36. The summed E-state index contributed by atoms with van der Waals surface area (Å²) in [7, 11) is 3.05. The predicted molar refractivity (Wildman–Crippen MR) is 39.6 cm³/mol. The molecule has 1 radical (unpaired) electrons. The molecule has 1 aromatic heterocycles. The monoisotopic (exact) mass is 153 g/mol. The maximum Gasteiger partial charge on any atom is 0.223 e. The molecule has 0 unspecified atom stereocenters. The Labute approximate surface area is 65.2 Å². The number of ether oxygens (including phenoxy) is 2. The average Bonchev–Trinajstić information content (AvgIpc) is 2.05. The molecule has 0 amide bonds. The number of aromatic nitrogens is 2. The van der Waals surface area contributed by atoms with E-state index in [0.717, 1.165) is 0 Å². The fourth-order valence-electron chi connectivity index (χ4n) is 0.733. The molecule has 11 heavy (non-hydrogen) atoms. The van der Waals surface area contributed by atoms with Gasteiger partial charge in [-0.3, -0.25) is 0 Å². The lowest BCUT2D eigenvalue weighted by Crippen LogP contribution is -1.96. The largest absolute Gasteiger partial charge is 0.481 e. The summed E-state index contributed by atoms with van der Waals surface area (Å²) >= 11 is 0. The summed E-state index contributed by atoms with van der Waals surface area (Å²) in [5, 5.41) is 0. The van der Waals surface area contributed by atoms with Crippen molar-refractivity contribution in [2.24, 2.45) is 0 Å². The Balaban J connectivity index is 3.10. The highest BCUT2D eigenvalue weighted by atomic mass is 16.5. The van der Waals surface area contributed by atoms with Crippen LogP contribution in [0.2, 0.25) is 0 Å². The Morgan fingerprint density at radius 1 is 1.18 bits per heavy atom. The molecule has 4 heteroatoms. The van der Waals surface area contributed by atoms with Gasteiger partial charge in [-0.15, -0.1) is 0 Å². The first-order valence-corrected chi connectivity index (χ1v) is 3.04. The van der Waals surface area contributed by atoms with Gasteiger partial charge in [-0.05, 0) is 6.92 Å². The van der Waals surface area contributed by atoms with Crippen molar-refractivity contribution in [3.05, 3.63) is 18.8 Å². The van der Waals surface area contributed by atoms with Crippen LogP contribution in [-0.2, 0) is 0 Å². The van der Waals surface area contributed by atoms with E-state index in [2.05, 4.69) is 16.9 Å². The summed E-state index contributed by atoms with van der Waals surface area (Å²) in [6.07, 6.45) is 1.37. The Bertz CT molecular complexity index is 228. The molecular weight excluding hydrogens is 144 g/mol. The number of hydrogen-bond donors (Lipinski definition) is 0. The Morgan fingerprint density at radius 3 is 2.00 bits per heavy atom. The second kappa shape index (κ2) is 3.18. The first kappa shape index (κ1) is 7.78. The van der Waals surface area contributed by atoms with Crippen molar-refractivity contribution in [1.82, 2.24) is 9.97 Å². The van der Waals surface area contributed by atoms with E-state index in [4.69, 9.17) is 9.47 Å². The summed E-state index contributed by atoms with van der Waals surface area (Å²) in [5.41, 5.74) is 0.567. The van der Waals surface area contributed by atoms with Crippen LogP contribution in [0.25, 0.3) is 0 Å². The molecule has 0 bridgehead atoms. The number of methoxy groups -OCH3 is 2. The molecule has 0 aliphatic carbocycles. The third kappa shape index (κ3) is 1.39.